The first-order valence-corrected chi connectivity index (χ1v) is 7.26. The van der Waals surface area contributed by atoms with Gasteiger partial charge in [-0.15, -0.1) is 0 Å². The SMILES string of the molecule is C[C@H]1CNC[C@@H]1C(=O)Nc1cccc(-c2cccnc2)c1. The van der Waals surface area contributed by atoms with Crippen LogP contribution in [0.3, 0.4) is 0 Å². The second-order valence-electron chi connectivity index (χ2n) is 5.55. The van der Waals surface area contributed by atoms with Crippen LogP contribution in [0.5, 0.6) is 0 Å². The van der Waals surface area contributed by atoms with Crippen molar-refractivity contribution >= 4 is 11.6 Å². The Kier molecular flexibility index (Phi) is 3.97. The molecule has 1 aliphatic rings. The number of nitrogens with zero attached hydrogens (tertiary/aromatic N) is 1. The predicted octanol–water partition coefficient (Wildman–Crippen LogP) is 2.54. The lowest BCUT2D eigenvalue weighted by Crippen LogP contribution is -2.27. The van der Waals surface area contributed by atoms with Crippen LogP contribution in [0.1, 0.15) is 6.92 Å². The number of amides is 1. The van der Waals surface area contributed by atoms with E-state index in [4.69, 9.17) is 0 Å². The lowest BCUT2D eigenvalue weighted by Gasteiger charge is -2.14. The van der Waals surface area contributed by atoms with Gasteiger partial charge >= 0.3 is 0 Å². The van der Waals surface area contributed by atoms with Gasteiger partial charge in [0, 0.05) is 30.2 Å². The van der Waals surface area contributed by atoms with Crippen LogP contribution in [0.15, 0.2) is 48.8 Å². The van der Waals surface area contributed by atoms with Crippen molar-refractivity contribution < 1.29 is 4.79 Å². The molecule has 21 heavy (non-hydrogen) atoms. The molecule has 1 fully saturated rings. The van der Waals surface area contributed by atoms with Crippen molar-refractivity contribution in [3.8, 4) is 11.1 Å². The fraction of sp³-hybridized carbons (Fsp3) is 0.294. The molecule has 4 heteroatoms. The van der Waals surface area contributed by atoms with Gasteiger partial charge in [-0.05, 0) is 36.2 Å². The number of nitrogens with one attached hydrogen (secondary N) is 2. The zero-order valence-electron chi connectivity index (χ0n) is 12.0. The molecular weight excluding hydrogens is 262 g/mol. The van der Waals surface area contributed by atoms with Gasteiger partial charge in [0.25, 0.3) is 0 Å². The normalized spacial score (nSPS) is 21.2. The number of hydrogen-bond donors (Lipinski definition) is 2. The van der Waals surface area contributed by atoms with E-state index in [0.29, 0.717) is 5.92 Å². The topological polar surface area (TPSA) is 54.0 Å². The van der Waals surface area contributed by atoms with E-state index in [1.54, 1.807) is 6.20 Å². The Morgan fingerprint density at radius 3 is 2.81 bits per heavy atom. The molecule has 2 heterocycles. The zero-order valence-corrected chi connectivity index (χ0v) is 12.0. The van der Waals surface area contributed by atoms with Gasteiger partial charge in [-0.1, -0.05) is 25.1 Å². The molecule has 3 rings (SSSR count). The summed E-state index contributed by atoms with van der Waals surface area (Å²) in [5, 5.41) is 6.28. The summed E-state index contributed by atoms with van der Waals surface area (Å²) in [5.41, 5.74) is 2.93. The van der Waals surface area contributed by atoms with Crippen LogP contribution in [0.4, 0.5) is 5.69 Å². The van der Waals surface area contributed by atoms with Crippen molar-refractivity contribution in [2.24, 2.45) is 11.8 Å². The highest BCUT2D eigenvalue weighted by Gasteiger charge is 2.29. The third-order valence-electron chi connectivity index (χ3n) is 3.98. The molecule has 1 aromatic carbocycles. The minimum atomic E-state index is 0.0482. The van der Waals surface area contributed by atoms with E-state index < -0.39 is 0 Å². The molecule has 2 aromatic rings. The smallest absolute Gasteiger partial charge is 0.229 e. The van der Waals surface area contributed by atoms with Crippen LogP contribution < -0.4 is 10.6 Å². The Hall–Kier alpha value is -2.20. The maximum atomic E-state index is 12.3. The average Bonchev–Trinajstić information content (AvgIpc) is 2.95. The molecule has 1 aliphatic heterocycles. The van der Waals surface area contributed by atoms with Gasteiger partial charge < -0.3 is 10.6 Å². The first-order valence-electron chi connectivity index (χ1n) is 7.26. The van der Waals surface area contributed by atoms with Gasteiger partial charge in [-0.2, -0.15) is 0 Å². The number of carbonyl (C=O) groups is 1. The van der Waals surface area contributed by atoms with Crippen molar-refractivity contribution in [2.75, 3.05) is 18.4 Å². The standard InChI is InChI=1S/C17H19N3O/c1-12-9-19-11-16(12)17(21)20-15-6-2-4-13(8-15)14-5-3-7-18-10-14/h2-8,10,12,16,19H,9,11H2,1H3,(H,20,21)/t12-,16-/m0/s1. The Bertz CT molecular complexity index is 627. The van der Waals surface area contributed by atoms with E-state index in [1.165, 1.54) is 0 Å². The highest BCUT2D eigenvalue weighted by Crippen LogP contribution is 2.23. The molecule has 0 radical (unpaired) electrons. The predicted molar refractivity (Wildman–Crippen MR) is 83.8 cm³/mol. The van der Waals surface area contributed by atoms with Gasteiger partial charge in [-0.25, -0.2) is 0 Å². The summed E-state index contributed by atoms with van der Waals surface area (Å²) in [6.45, 7) is 3.78. The molecule has 4 nitrogen and oxygen atoms in total. The molecule has 0 bridgehead atoms. The van der Waals surface area contributed by atoms with Gasteiger partial charge in [0.05, 0.1) is 5.92 Å². The van der Waals surface area contributed by atoms with Gasteiger partial charge in [0.2, 0.25) is 5.91 Å². The first kappa shape index (κ1) is 13.8. The van der Waals surface area contributed by atoms with Crippen LogP contribution in [0.2, 0.25) is 0 Å². The van der Waals surface area contributed by atoms with Crippen molar-refractivity contribution in [3.05, 3.63) is 48.8 Å². The number of pyridine rings is 1. The quantitative estimate of drug-likeness (QED) is 0.909. The molecule has 108 valence electrons. The molecule has 0 saturated carbocycles. The number of aromatic nitrogens is 1. The third-order valence-corrected chi connectivity index (χ3v) is 3.98. The fourth-order valence-electron chi connectivity index (χ4n) is 2.71. The minimum Gasteiger partial charge on any atom is -0.326 e. The summed E-state index contributed by atoms with van der Waals surface area (Å²) in [6.07, 6.45) is 3.58. The van der Waals surface area contributed by atoms with Crippen LogP contribution in [0, 0.1) is 11.8 Å². The monoisotopic (exact) mass is 281 g/mol. The van der Waals surface area contributed by atoms with Crippen molar-refractivity contribution in [1.82, 2.24) is 10.3 Å². The van der Waals surface area contributed by atoms with E-state index in [9.17, 15) is 4.79 Å². The van der Waals surface area contributed by atoms with E-state index in [2.05, 4.69) is 22.5 Å². The molecule has 0 unspecified atom stereocenters. The summed E-state index contributed by atoms with van der Waals surface area (Å²) in [5.74, 6) is 0.523. The molecule has 2 N–H and O–H groups in total. The fourth-order valence-corrected chi connectivity index (χ4v) is 2.71. The van der Waals surface area contributed by atoms with Crippen LogP contribution in [-0.2, 0) is 4.79 Å². The van der Waals surface area contributed by atoms with Crippen LogP contribution >= 0.6 is 0 Å². The molecule has 0 spiro atoms. The average molecular weight is 281 g/mol. The molecule has 1 saturated heterocycles. The number of hydrogen-bond acceptors (Lipinski definition) is 3. The number of rotatable bonds is 3. The minimum absolute atomic E-state index is 0.0482. The first-order chi connectivity index (χ1) is 10.2. The van der Waals surface area contributed by atoms with Crippen LogP contribution in [0.25, 0.3) is 11.1 Å². The molecule has 1 aromatic heterocycles. The second-order valence-corrected chi connectivity index (χ2v) is 5.55. The van der Waals surface area contributed by atoms with Crippen molar-refractivity contribution in [3.63, 3.8) is 0 Å². The lowest BCUT2D eigenvalue weighted by molar-refractivity contribution is -0.120. The summed E-state index contributed by atoms with van der Waals surface area (Å²) >= 11 is 0. The molecule has 2 atom stereocenters. The third kappa shape index (κ3) is 3.11. The molecule has 1 amide bonds. The highest BCUT2D eigenvalue weighted by molar-refractivity contribution is 5.93. The van der Waals surface area contributed by atoms with E-state index in [-0.39, 0.29) is 11.8 Å². The lowest BCUT2D eigenvalue weighted by atomic mass is 9.97. The number of carbonyl (C=O) groups excluding carboxylic acids is 1. The van der Waals surface area contributed by atoms with Crippen molar-refractivity contribution in [1.29, 1.82) is 0 Å². The number of anilines is 1. The number of benzene rings is 1. The molecular formula is C17H19N3O. The zero-order chi connectivity index (χ0) is 14.7. The van der Waals surface area contributed by atoms with Crippen LogP contribution in [-0.4, -0.2) is 24.0 Å². The highest BCUT2D eigenvalue weighted by atomic mass is 16.1. The van der Waals surface area contributed by atoms with E-state index in [1.807, 2.05) is 42.6 Å². The van der Waals surface area contributed by atoms with E-state index >= 15 is 0 Å². The Labute approximate surface area is 124 Å². The van der Waals surface area contributed by atoms with Gasteiger partial charge in [0.1, 0.15) is 0 Å². The van der Waals surface area contributed by atoms with Gasteiger partial charge in [-0.3, -0.25) is 9.78 Å². The summed E-state index contributed by atoms with van der Waals surface area (Å²) < 4.78 is 0. The summed E-state index contributed by atoms with van der Waals surface area (Å²) in [7, 11) is 0. The van der Waals surface area contributed by atoms with Gasteiger partial charge in [0.15, 0.2) is 0 Å². The Morgan fingerprint density at radius 2 is 2.10 bits per heavy atom. The maximum absolute atomic E-state index is 12.3. The summed E-state index contributed by atoms with van der Waals surface area (Å²) in [4.78, 5) is 16.4. The Balaban J connectivity index is 1.76. The Morgan fingerprint density at radius 1 is 1.24 bits per heavy atom. The molecule has 0 aliphatic carbocycles. The van der Waals surface area contributed by atoms with E-state index in [0.717, 1.165) is 29.9 Å². The van der Waals surface area contributed by atoms with Crippen molar-refractivity contribution in [2.45, 2.75) is 6.92 Å². The second kappa shape index (κ2) is 6.06. The largest absolute Gasteiger partial charge is 0.326 e. The summed E-state index contributed by atoms with van der Waals surface area (Å²) in [6, 6.07) is 11.8. The maximum Gasteiger partial charge on any atom is 0.229 e.